The number of rotatable bonds is 9. The van der Waals surface area contributed by atoms with E-state index < -0.39 is 136 Å². The number of aromatic nitrogens is 1. The van der Waals surface area contributed by atoms with Crippen LogP contribution >= 0.6 is 0 Å². The van der Waals surface area contributed by atoms with E-state index in [4.69, 9.17) is 11.0 Å². The minimum absolute atomic E-state index is 0.0404. The Kier molecular flexibility index (Phi) is 5.97. The van der Waals surface area contributed by atoms with E-state index >= 15 is 0 Å². The molecule has 0 bridgehead atoms. The van der Waals surface area contributed by atoms with Crippen LogP contribution in [0.5, 0.6) is 0 Å². The third-order valence-corrected chi connectivity index (χ3v) is 10.7. The van der Waals surface area contributed by atoms with Crippen molar-refractivity contribution in [2.75, 3.05) is 4.90 Å². The highest BCUT2D eigenvalue weighted by molar-refractivity contribution is 6.11. The Labute approximate surface area is 386 Å². The van der Waals surface area contributed by atoms with Gasteiger partial charge in [0.05, 0.1) is 40.0 Å². The van der Waals surface area contributed by atoms with Crippen LogP contribution in [-0.2, 0) is 0 Å². The third kappa shape index (κ3) is 6.94. The summed E-state index contributed by atoms with van der Waals surface area (Å²) in [5.74, 6) is 0. The van der Waals surface area contributed by atoms with Gasteiger partial charge in [0, 0.05) is 33.4 Å². The van der Waals surface area contributed by atoms with E-state index in [0.29, 0.717) is 5.56 Å². The van der Waals surface area contributed by atoms with Gasteiger partial charge in [0.25, 0.3) is 0 Å². The van der Waals surface area contributed by atoms with Crippen LogP contribution in [0.3, 0.4) is 0 Å². The Balaban J connectivity index is 1.12. The van der Waals surface area contributed by atoms with Crippen molar-refractivity contribution in [1.82, 2.24) is 4.57 Å². The molecule has 0 aliphatic heterocycles. The average molecular weight is 808 g/mol. The zero-order chi connectivity index (χ0) is 56.0. The highest BCUT2D eigenvalue weighted by Crippen LogP contribution is 2.41. The molecule has 2 nitrogen and oxygen atoms in total. The first-order valence-electron chi connectivity index (χ1n) is 28.4. The van der Waals surface area contributed by atoms with Crippen molar-refractivity contribution in [2.24, 2.45) is 0 Å². The summed E-state index contributed by atoms with van der Waals surface area (Å²) in [6, 6.07) is 34.5. The number of hydrogen-bond donors (Lipinski definition) is 0. The zero-order valence-electron chi connectivity index (χ0n) is 49.8. The molecule has 11 rings (SSSR count). The van der Waals surface area contributed by atoms with E-state index in [9.17, 15) is 12.3 Å². The number of anilines is 3. The Hall–Kier alpha value is -8.20. The van der Waals surface area contributed by atoms with Gasteiger partial charge in [0.1, 0.15) is 0 Å². The van der Waals surface area contributed by atoms with E-state index in [1.165, 1.54) is 0 Å². The summed E-state index contributed by atoms with van der Waals surface area (Å²) in [6.45, 7) is 0. The van der Waals surface area contributed by atoms with Gasteiger partial charge in [-0.05, 0) is 117 Å². The van der Waals surface area contributed by atoms with Crippen LogP contribution < -0.4 is 4.90 Å². The summed E-state index contributed by atoms with van der Waals surface area (Å²) in [6.07, 6.45) is 0. The minimum atomic E-state index is -0.879. The van der Waals surface area contributed by atoms with Crippen LogP contribution in [0.15, 0.2) is 254 Å². The van der Waals surface area contributed by atoms with E-state index in [1.807, 2.05) is 115 Å². The molecular formula is C60H42N2. The molecule has 0 fully saturated rings. The van der Waals surface area contributed by atoms with Crippen molar-refractivity contribution in [2.45, 2.75) is 0 Å². The first-order chi connectivity index (χ1) is 37.8. The summed E-state index contributed by atoms with van der Waals surface area (Å²) < 4.78 is 157. The van der Waals surface area contributed by atoms with Crippen molar-refractivity contribution in [1.29, 1.82) is 0 Å². The molecule has 10 aromatic carbocycles. The molecule has 0 saturated carbocycles. The van der Waals surface area contributed by atoms with Gasteiger partial charge in [-0.3, -0.25) is 0 Å². The van der Waals surface area contributed by atoms with Crippen molar-refractivity contribution >= 4 is 38.9 Å². The second-order valence-electron chi connectivity index (χ2n) is 14.4. The molecule has 0 N–H and O–H groups in total. The van der Waals surface area contributed by atoms with E-state index in [0.717, 1.165) is 54.6 Å². The van der Waals surface area contributed by atoms with Gasteiger partial charge in [-0.25, -0.2) is 0 Å². The van der Waals surface area contributed by atoms with Crippen molar-refractivity contribution in [3.63, 3.8) is 0 Å². The monoisotopic (exact) mass is 807 g/mol. The molecule has 0 aliphatic rings. The first kappa shape index (κ1) is 23.0. The SMILES string of the molecule is [2H]c1c([2H])c([2H])c(-c2c([2H])c([2H])c([2H])c(-c3c([2H])c([2H])c(N(c4ccc(-c5ccccc5)cc4)c4c([2H])c([2H])c(-c5ccc6c(c5)c5ccccc5n6-c5ccccc5-c5ccccc5)c([2H])c4[2H])c([2H])c3[2H])c2[2H])c([2H])c1[2H]. The molecule has 1 heterocycles. The number of hydrogen-bond acceptors (Lipinski definition) is 1. The molecule has 0 saturated heterocycles. The minimum Gasteiger partial charge on any atom is -0.311 e. The molecule has 11 aromatic rings. The van der Waals surface area contributed by atoms with Crippen LogP contribution in [0.2, 0.25) is 0 Å². The largest absolute Gasteiger partial charge is 0.311 e. The molecule has 0 aliphatic carbocycles. The Morgan fingerprint density at radius 3 is 1.53 bits per heavy atom. The molecule has 2 heteroatoms. The van der Waals surface area contributed by atoms with Gasteiger partial charge in [-0.15, -0.1) is 0 Å². The van der Waals surface area contributed by atoms with Gasteiger partial charge in [-0.1, -0.05) is 188 Å². The predicted octanol–water partition coefficient (Wildman–Crippen LogP) is 16.6. The molecule has 0 atom stereocenters. The maximum Gasteiger partial charge on any atom is 0.0645 e. The van der Waals surface area contributed by atoms with Crippen LogP contribution in [0, 0.1) is 0 Å². The van der Waals surface area contributed by atoms with Crippen LogP contribution in [0.4, 0.5) is 17.1 Å². The van der Waals surface area contributed by atoms with Gasteiger partial charge in [0.2, 0.25) is 0 Å². The van der Waals surface area contributed by atoms with Crippen molar-refractivity contribution in [3.8, 4) is 61.3 Å². The Morgan fingerprint density at radius 2 is 0.839 bits per heavy atom. The quantitative estimate of drug-likeness (QED) is 0.141. The highest BCUT2D eigenvalue weighted by Gasteiger charge is 2.18. The lowest BCUT2D eigenvalue weighted by Crippen LogP contribution is -2.09. The summed E-state index contributed by atoms with van der Waals surface area (Å²) in [5, 5.41) is 1.66. The maximum absolute atomic E-state index is 9.74. The highest BCUT2D eigenvalue weighted by atomic mass is 15.1. The lowest BCUT2D eigenvalue weighted by Gasteiger charge is -2.26. The van der Waals surface area contributed by atoms with E-state index in [-0.39, 0.29) is 11.3 Å². The molecule has 0 amide bonds. The number of para-hydroxylation sites is 2. The van der Waals surface area contributed by atoms with Gasteiger partial charge < -0.3 is 9.47 Å². The number of nitrogens with zero attached hydrogens (tertiary/aromatic N) is 2. The zero-order valence-corrected chi connectivity index (χ0v) is 32.8. The summed E-state index contributed by atoms with van der Waals surface area (Å²) in [5.41, 5.74) is 3.07. The Morgan fingerprint density at radius 1 is 0.323 bits per heavy atom. The molecule has 0 spiro atoms. The van der Waals surface area contributed by atoms with Gasteiger partial charge in [-0.2, -0.15) is 0 Å². The van der Waals surface area contributed by atoms with Gasteiger partial charge >= 0.3 is 0 Å². The van der Waals surface area contributed by atoms with Crippen LogP contribution in [-0.4, -0.2) is 4.57 Å². The fourth-order valence-electron chi connectivity index (χ4n) is 7.80. The lowest BCUT2D eigenvalue weighted by molar-refractivity contribution is 1.18. The van der Waals surface area contributed by atoms with Crippen LogP contribution in [0.25, 0.3) is 83.1 Å². The third-order valence-electron chi connectivity index (χ3n) is 10.7. The molecule has 0 unspecified atom stereocenters. The molecular weight excluding hydrogens is 749 g/mol. The van der Waals surface area contributed by atoms with E-state index in [2.05, 4.69) is 10.6 Å². The average Bonchev–Trinajstić information content (AvgIpc) is 4.07. The summed E-state index contributed by atoms with van der Waals surface area (Å²) in [4.78, 5) is 1.12. The fraction of sp³-hybridized carbons (Fsp3) is 0. The number of benzene rings is 10. The topological polar surface area (TPSA) is 8.17 Å². The smallest absolute Gasteiger partial charge is 0.0645 e. The second-order valence-corrected chi connectivity index (χ2v) is 14.4. The molecule has 1 aromatic heterocycles. The lowest BCUT2D eigenvalue weighted by atomic mass is 9.98. The summed E-state index contributed by atoms with van der Waals surface area (Å²) >= 11 is 0. The summed E-state index contributed by atoms with van der Waals surface area (Å²) in [7, 11) is 0. The number of fused-ring (bicyclic) bond motifs is 3. The fourth-order valence-corrected chi connectivity index (χ4v) is 7.80. The molecule has 62 heavy (non-hydrogen) atoms. The standard InChI is InChI=1S/C60H42N2/c1-4-15-43(16-5-1)45-27-34-52(35-28-45)61(53-36-29-46(30-37-53)50-22-14-21-49(41-50)44-17-6-2-7-18-44)54-38-31-47(32-39-54)51-33-40-60-57(42-51)56-24-11-13-26-59(56)62(60)58-25-12-10-23-55(58)48-19-8-3-9-20-48/h1-42H/i2D,6D,7D,14D,17D,18D,21D,22D,29D,30D,31D,32D,36D,37D,38D,39D,41D. The molecule has 292 valence electrons. The van der Waals surface area contributed by atoms with Gasteiger partial charge in [0.15, 0.2) is 0 Å². The molecule has 0 radical (unpaired) electrons. The Bertz CT molecular complexity index is 4250. The predicted molar refractivity (Wildman–Crippen MR) is 263 cm³/mol. The van der Waals surface area contributed by atoms with E-state index in [1.54, 1.807) is 30.3 Å². The normalized spacial score (nSPS) is 15.1. The van der Waals surface area contributed by atoms with Crippen molar-refractivity contribution in [3.05, 3.63) is 254 Å². The van der Waals surface area contributed by atoms with Crippen molar-refractivity contribution < 1.29 is 23.3 Å². The first-order valence-corrected chi connectivity index (χ1v) is 19.9. The maximum atomic E-state index is 9.74. The van der Waals surface area contributed by atoms with Crippen LogP contribution in [0.1, 0.15) is 23.3 Å². The second kappa shape index (κ2) is 16.1.